The smallest absolute Gasteiger partial charge is 0.374 e. The average Bonchev–Trinajstić information content (AvgIpc) is 2.71. The predicted molar refractivity (Wildman–Crippen MR) is 126 cm³/mol. The minimum absolute atomic E-state index is 0.0214. The highest BCUT2D eigenvalue weighted by Crippen LogP contribution is 2.39. The molecule has 0 saturated heterocycles. The Kier molecular flexibility index (Phi) is 7.85. The fourth-order valence-electron chi connectivity index (χ4n) is 4.19. The molecule has 5 heteroatoms. The Morgan fingerprint density at radius 3 is 1.97 bits per heavy atom. The summed E-state index contributed by atoms with van der Waals surface area (Å²) in [6.07, 6.45) is -4.61. The van der Waals surface area contributed by atoms with Crippen molar-refractivity contribution in [1.82, 2.24) is 0 Å². The molecule has 2 rings (SSSR count). The Labute approximate surface area is 190 Å². The number of halogens is 3. The molecule has 176 valence electrons. The van der Waals surface area contributed by atoms with Gasteiger partial charge in [0, 0.05) is 30.4 Å². The summed E-state index contributed by atoms with van der Waals surface area (Å²) in [5.41, 5.74) is 0.445. The first-order chi connectivity index (χ1) is 14.7. The summed E-state index contributed by atoms with van der Waals surface area (Å²) >= 11 is 0. The number of benzene rings is 2. The Balaban J connectivity index is 2.58. The fourth-order valence-corrected chi connectivity index (χ4v) is 4.19. The van der Waals surface area contributed by atoms with Crippen LogP contribution < -0.4 is 4.90 Å². The van der Waals surface area contributed by atoms with E-state index in [2.05, 4.69) is 34.6 Å². The van der Waals surface area contributed by atoms with E-state index >= 15 is 0 Å². The molecule has 32 heavy (non-hydrogen) atoms. The zero-order chi connectivity index (χ0) is 24.4. The largest absolute Gasteiger partial charge is 0.417 e. The van der Waals surface area contributed by atoms with E-state index in [-0.39, 0.29) is 16.9 Å². The predicted octanol–water partition coefficient (Wildman–Crippen LogP) is 7.81. The lowest BCUT2D eigenvalue weighted by atomic mass is 9.70. The maximum atomic E-state index is 13.8. The van der Waals surface area contributed by atoms with Crippen LogP contribution in [0.2, 0.25) is 0 Å². The van der Waals surface area contributed by atoms with Crippen LogP contribution in [-0.4, -0.2) is 19.4 Å². The van der Waals surface area contributed by atoms with Gasteiger partial charge < -0.3 is 4.90 Å². The molecule has 0 N–H and O–H groups in total. The maximum absolute atomic E-state index is 13.8. The number of hydrogen-bond acceptors (Lipinski definition) is 2. The number of rotatable bonds is 8. The Hall–Kier alpha value is -2.30. The number of nitrogens with zero attached hydrogens (tertiary/aromatic N) is 1. The van der Waals surface area contributed by atoms with Crippen molar-refractivity contribution in [2.75, 3.05) is 18.5 Å². The molecule has 0 amide bonds. The van der Waals surface area contributed by atoms with E-state index in [1.165, 1.54) is 12.1 Å². The number of hydrogen-bond donors (Lipinski definition) is 0. The monoisotopic (exact) mass is 447 g/mol. The van der Waals surface area contributed by atoms with E-state index in [0.717, 1.165) is 11.6 Å². The summed E-state index contributed by atoms with van der Waals surface area (Å²) in [4.78, 5) is 15.4. The van der Waals surface area contributed by atoms with Crippen LogP contribution in [-0.2, 0) is 6.18 Å². The molecule has 0 atom stereocenters. The second-order valence-corrected chi connectivity index (χ2v) is 9.97. The van der Waals surface area contributed by atoms with E-state index < -0.39 is 17.5 Å². The van der Waals surface area contributed by atoms with Gasteiger partial charge in [0.05, 0.1) is 5.56 Å². The minimum Gasteiger partial charge on any atom is -0.374 e. The van der Waals surface area contributed by atoms with Crippen molar-refractivity contribution < 1.29 is 18.0 Å². The van der Waals surface area contributed by atoms with Crippen LogP contribution in [0.3, 0.4) is 0 Å². The Morgan fingerprint density at radius 1 is 0.906 bits per heavy atom. The molecule has 0 spiro atoms. The fraction of sp³-hybridized carbons (Fsp3) is 0.519. The van der Waals surface area contributed by atoms with Gasteiger partial charge >= 0.3 is 6.18 Å². The maximum Gasteiger partial charge on any atom is 0.417 e. The second kappa shape index (κ2) is 9.68. The minimum atomic E-state index is -4.61. The van der Waals surface area contributed by atoms with Gasteiger partial charge in [0.2, 0.25) is 0 Å². The molecule has 0 radical (unpaired) electrons. The summed E-state index contributed by atoms with van der Waals surface area (Å²) in [5, 5.41) is 0. The molecule has 0 fully saturated rings. The number of carbonyl (C=O) groups is 1. The number of anilines is 1. The van der Waals surface area contributed by atoms with Gasteiger partial charge in [-0.25, -0.2) is 0 Å². The molecule has 0 aromatic heterocycles. The Morgan fingerprint density at radius 2 is 1.47 bits per heavy atom. The first-order valence-electron chi connectivity index (χ1n) is 11.3. The number of ketones is 1. The summed E-state index contributed by atoms with van der Waals surface area (Å²) in [7, 11) is 1.88. The van der Waals surface area contributed by atoms with Gasteiger partial charge in [-0.3, -0.25) is 4.79 Å². The zero-order valence-electron chi connectivity index (χ0n) is 20.5. The summed E-state index contributed by atoms with van der Waals surface area (Å²) < 4.78 is 41.5. The zero-order valence-corrected chi connectivity index (χ0v) is 20.5. The summed E-state index contributed by atoms with van der Waals surface area (Å²) in [6.45, 7) is 15.4. The van der Waals surface area contributed by atoms with Crippen molar-refractivity contribution in [3.05, 3.63) is 64.7 Å². The van der Waals surface area contributed by atoms with Gasteiger partial charge in [-0.05, 0) is 46.9 Å². The molecule has 0 bridgehead atoms. The lowest BCUT2D eigenvalue weighted by Gasteiger charge is -2.41. The molecule has 0 unspecified atom stereocenters. The molecule has 2 nitrogen and oxygen atoms in total. The van der Waals surface area contributed by atoms with Crippen molar-refractivity contribution in [3.63, 3.8) is 0 Å². The molecule has 0 aliphatic heterocycles. The number of alkyl halides is 3. The molecular formula is C27H36F3NO. The van der Waals surface area contributed by atoms with Gasteiger partial charge in [-0.1, -0.05) is 72.7 Å². The van der Waals surface area contributed by atoms with Crippen LogP contribution in [0.4, 0.5) is 18.9 Å². The van der Waals surface area contributed by atoms with Gasteiger partial charge in [0.25, 0.3) is 0 Å². The van der Waals surface area contributed by atoms with E-state index in [4.69, 9.17) is 0 Å². The van der Waals surface area contributed by atoms with Crippen LogP contribution in [0.5, 0.6) is 0 Å². The van der Waals surface area contributed by atoms with Crippen molar-refractivity contribution >= 4 is 11.5 Å². The summed E-state index contributed by atoms with van der Waals surface area (Å²) in [6, 6.07) is 10.8. The lowest BCUT2D eigenvalue weighted by molar-refractivity contribution is -0.137. The SMILES string of the molecule is CC(C)c1ccccc1C(=O)c1cc(N(C)CC(C)(C(C)C)C(C)C)ccc1C(F)(F)F. The van der Waals surface area contributed by atoms with Crippen molar-refractivity contribution in [3.8, 4) is 0 Å². The van der Waals surface area contributed by atoms with E-state index in [1.54, 1.807) is 24.3 Å². The summed E-state index contributed by atoms with van der Waals surface area (Å²) in [5.74, 6) is 0.206. The third kappa shape index (κ3) is 5.36. The molecular weight excluding hydrogens is 411 g/mol. The normalized spacial score (nSPS) is 12.7. The van der Waals surface area contributed by atoms with Gasteiger partial charge in [0.15, 0.2) is 5.78 Å². The third-order valence-electron chi connectivity index (χ3n) is 7.04. The van der Waals surface area contributed by atoms with Crippen LogP contribution in [0.25, 0.3) is 0 Å². The van der Waals surface area contributed by atoms with E-state index in [0.29, 0.717) is 29.6 Å². The van der Waals surface area contributed by atoms with Crippen LogP contribution >= 0.6 is 0 Å². The highest BCUT2D eigenvalue weighted by molar-refractivity contribution is 6.11. The average molecular weight is 448 g/mol. The standard InChI is InChI=1S/C27H36F3NO/c1-17(2)21-11-9-10-12-22(21)25(32)23-15-20(13-14-24(23)27(28,29)30)31(8)16-26(7,18(3)4)19(5)6/h9-15,17-19H,16H2,1-8H3. The molecule has 0 saturated carbocycles. The quantitative estimate of drug-likeness (QED) is 0.385. The first kappa shape index (κ1) is 26.0. The lowest BCUT2D eigenvalue weighted by Crippen LogP contribution is -2.41. The topological polar surface area (TPSA) is 20.3 Å². The van der Waals surface area contributed by atoms with E-state index in [9.17, 15) is 18.0 Å². The van der Waals surface area contributed by atoms with Crippen molar-refractivity contribution in [1.29, 1.82) is 0 Å². The third-order valence-corrected chi connectivity index (χ3v) is 7.04. The highest BCUT2D eigenvalue weighted by atomic mass is 19.4. The molecule has 2 aromatic carbocycles. The second-order valence-electron chi connectivity index (χ2n) is 9.97. The van der Waals surface area contributed by atoms with Crippen LogP contribution in [0, 0.1) is 17.3 Å². The molecule has 0 aliphatic carbocycles. The Bertz CT molecular complexity index is 936. The van der Waals surface area contributed by atoms with Crippen LogP contribution in [0.15, 0.2) is 42.5 Å². The van der Waals surface area contributed by atoms with Crippen molar-refractivity contribution in [2.45, 2.75) is 60.6 Å². The van der Waals surface area contributed by atoms with Crippen LogP contribution in [0.1, 0.15) is 81.4 Å². The molecule has 2 aromatic rings. The van der Waals surface area contributed by atoms with E-state index in [1.807, 2.05) is 25.8 Å². The molecule has 0 heterocycles. The number of carbonyl (C=O) groups excluding carboxylic acids is 1. The van der Waals surface area contributed by atoms with Crippen molar-refractivity contribution in [2.24, 2.45) is 17.3 Å². The van der Waals surface area contributed by atoms with Gasteiger partial charge in [-0.15, -0.1) is 0 Å². The highest BCUT2D eigenvalue weighted by Gasteiger charge is 2.37. The van der Waals surface area contributed by atoms with Gasteiger partial charge in [0.1, 0.15) is 0 Å². The molecule has 0 aliphatic rings. The van der Waals surface area contributed by atoms with Gasteiger partial charge in [-0.2, -0.15) is 13.2 Å². The first-order valence-corrected chi connectivity index (χ1v) is 11.3.